The van der Waals surface area contributed by atoms with Gasteiger partial charge in [0.1, 0.15) is 6.04 Å². The van der Waals surface area contributed by atoms with Gasteiger partial charge in [0.25, 0.3) is 0 Å². The van der Waals surface area contributed by atoms with Crippen molar-refractivity contribution in [1.29, 1.82) is 0 Å². The second-order valence-electron chi connectivity index (χ2n) is 4.15. The number of nitrogens with zero attached hydrogens (tertiary/aromatic N) is 1. The van der Waals surface area contributed by atoms with Crippen LogP contribution in [-0.4, -0.2) is 17.9 Å². The molecule has 0 saturated heterocycles. The average Bonchev–Trinajstić information content (AvgIpc) is 2.51. The summed E-state index contributed by atoms with van der Waals surface area (Å²) in [6.45, 7) is 3.63. The van der Waals surface area contributed by atoms with E-state index in [9.17, 15) is 9.59 Å². The first-order valence-corrected chi connectivity index (χ1v) is 5.21. The van der Waals surface area contributed by atoms with Crippen molar-refractivity contribution in [2.24, 2.45) is 5.73 Å². The van der Waals surface area contributed by atoms with Crippen LogP contribution in [-0.2, 0) is 16.0 Å². The Morgan fingerprint density at radius 3 is 2.81 bits per heavy atom. The van der Waals surface area contributed by atoms with Crippen LogP contribution in [0.4, 0.5) is 5.69 Å². The van der Waals surface area contributed by atoms with Gasteiger partial charge in [0, 0.05) is 5.69 Å². The molecule has 2 amide bonds. The Balaban J connectivity index is 2.44. The van der Waals surface area contributed by atoms with Crippen molar-refractivity contribution in [3.8, 4) is 0 Å². The van der Waals surface area contributed by atoms with Gasteiger partial charge in [0.05, 0.1) is 6.42 Å². The molecule has 16 heavy (non-hydrogen) atoms. The van der Waals surface area contributed by atoms with E-state index in [0.29, 0.717) is 6.42 Å². The fourth-order valence-corrected chi connectivity index (χ4v) is 2.03. The first-order chi connectivity index (χ1) is 7.50. The number of carbonyl (C=O) groups excluding carboxylic acids is 2. The van der Waals surface area contributed by atoms with Crippen LogP contribution in [0.1, 0.15) is 18.1 Å². The van der Waals surface area contributed by atoms with Crippen LogP contribution in [0.3, 0.4) is 0 Å². The van der Waals surface area contributed by atoms with Gasteiger partial charge in [-0.2, -0.15) is 0 Å². The van der Waals surface area contributed by atoms with Gasteiger partial charge in [-0.1, -0.05) is 17.7 Å². The fourth-order valence-electron chi connectivity index (χ4n) is 2.03. The highest BCUT2D eigenvalue weighted by atomic mass is 16.2. The monoisotopic (exact) mass is 218 g/mol. The molecule has 1 unspecified atom stereocenters. The zero-order valence-corrected chi connectivity index (χ0v) is 9.36. The highest BCUT2D eigenvalue weighted by Crippen LogP contribution is 2.31. The molecule has 0 fully saturated rings. The molecule has 2 N–H and O–H groups in total. The van der Waals surface area contributed by atoms with Crippen molar-refractivity contribution in [1.82, 2.24) is 0 Å². The average molecular weight is 218 g/mol. The van der Waals surface area contributed by atoms with Gasteiger partial charge >= 0.3 is 0 Å². The van der Waals surface area contributed by atoms with Crippen LogP contribution >= 0.6 is 0 Å². The lowest BCUT2D eigenvalue weighted by molar-refractivity contribution is -0.123. The Labute approximate surface area is 94.0 Å². The molecule has 0 spiro atoms. The van der Waals surface area contributed by atoms with E-state index in [2.05, 4.69) is 0 Å². The molecule has 0 radical (unpaired) electrons. The van der Waals surface area contributed by atoms with E-state index < -0.39 is 11.9 Å². The summed E-state index contributed by atoms with van der Waals surface area (Å²) in [7, 11) is 0. The number of hydrogen-bond acceptors (Lipinski definition) is 2. The summed E-state index contributed by atoms with van der Waals surface area (Å²) < 4.78 is 0. The first-order valence-electron chi connectivity index (χ1n) is 5.21. The minimum Gasteiger partial charge on any atom is -0.368 e. The molecule has 1 aromatic rings. The predicted molar refractivity (Wildman–Crippen MR) is 61.0 cm³/mol. The Morgan fingerprint density at radius 2 is 2.19 bits per heavy atom. The predicted octanol–water partition coefficient (Wildman–Crippen LogP) is 0.758. The van der Waals surface area contributed by atoms with Gasteiger partial charge in [0.2, 0.25) is 11.8 Å². The number of carbonyl (C=O) groups is 2. The van der Waals surface area contributed by atoms with E-state index in [1.54, 1.807) is 6.92 Å². The Hall–Kier alpha value is -1.84. The second-order valence-corrected chi connectivity index (χ2v) is 4.15. The van der Waals surface area contributed by atoms with E-state index in [1.807, 2.05) is 25.1 Å². The molecule has 4 heteroatoms. The number of amides is 2. The van der Waals surface area contributed by atoms with Crippen LogP contribution in [0, 0.1) is 6.92 Å². The van der Waals surface area contributed by atoms with Gasteiger partial charge in [-0.05, 0) is 25.5 Å². The number of primary amides is 1. The van der Waals surface area contributed by atoms with Gasteiger partial charge < -0.3 is 5.73 Å². The molecule has 1 aliphatic rings. The maximum absolute atomic E-state index is 11.8. The topological polar surface area (TPSA) is 63.4 Å². The summed E-state index contributed by atoms with van der Waals surface area (Å²) in [5.74, 6) is -0.548. The molecule has 1 aliphatic heterocycles. The number of benzene rings is 1. The lowest BCUT2D eigenvalue weighted by Crippen LogP contribution is -2.44. The summed E-state index contributed by atoms with van der Waals surface area (Å²) in [5.41, 5.74) is 8.12. The van der Waals surface area contributed by atoms with Crippen molar-refractivity contribution in [3.63, 3.8) is 0 Å². The molecule has 2 rings (SSSR count). The maximum Gasteiger partial charge on any atom is 0.240 e. The molecule has 84 valence electrons. The summed E-state index contributed by atoms with van der Waals surface area (Å²) in [6.07, 6.45) is 0.356. The third-order valence-corrected chi connectivity index (χ3v) is 2.90. The minimum atomic E-state index is -0.587. The molecule has 0 saturated carbocycles. The van der Waals surface area contributed by atoms with Crippen LogP contribution < -0.4 is 10.6 Å². The maximum atomic E-state index is 11.8. The highest BCUT2D eigenvalue weighted by molar-refractivity contribution is 6.06. The number of aryl methyl sites for hydroxylation is 1. The number of anilines is 1. The Bertz CT molecular complexity index is 468. The minimum absolute atomic E-state index is 0.0631. The molecule has 0 aliphatic carbocycles. The molecule has 1 heterocycles. The molecular weight excluding hydrogens is 204 g/mol. The van der Waals surface area contributed by atoms with Crippen molar-refractivity contribution in [3.05, 3.63) is 29.3 Å². The molecule has 0 aromatic heterocycles. The lowest BCUT2D eigenvalue weighted by atomic mass is 10.1. The standard InChI is InChI=1S/C12H14N2O2/c1-7-3-4-10-9(5-7)6-11(15)14(10)8(2)12(13)16/h3-5,8H,6H2,1-2H3,(H2,13,16). The van der Waals surface area contributed by atoms with Crippen molar-refractivity contribution in [2.75, 3.05) is 4.90 Å². The fraction of sp³-hybridized carbons (Fsp3) is 0.333. The van der Waals surface area contributed by atoms with Crippen LogP contribution in [0.2, 0.25) is 0 Å². The third-order valence-electron chi connectivity index (χ3n) is 2.90. The normalized spacial score (nSPS) is 16.1. The van der Waals surface area contributed by atoms with Gasteiger partial charge in [-0.25, -0.2) is 0 Å². The number of fused-ring (bicyclic) bond motifs is 1. The van der Waals surface area contributed by atoms with E-state index in [-0.39, 0.29) is 5.91 Å². The third kappa shape index (κ3) is 1.56. The largest absolute Gasteiger partial charge is 0.368 e. The van der Waals surface area contributed by atoms with E-state index in [1.165, 1.54) is 4.90 Å². The summed E-state index contributed by atoms with van der Waals surface area (Å²) >= 11 is 0. The number of nitrogens with two attached hydrogens (primary N) is 1. The van der Waals surface area contributed by atoms with Gasteiger partial charge in [0.15, 0.2) is 0 Å². The molecular formula is C12H14N2O2. The molecule has 1 aromatic carbocycles. The smallest absolute Gasteiger partial charge is 0.240 e. The molecule has 1 atom stereocenters. The van der Waals surface area contributed by atoms with Gasteiger partial charge in [-0.15, -0.1) is 0 Å². The Morgan fingerprint density at radius 1 is 1.50 bits per heavy atom. The van der Waals surface area contributed by atoms with Crippen LogP contribution in [0.5, 0.6) is 0 Å². The van der Waals surface area contributed by atoms with E-state index in [0.717, 1.165) is 16.8 Å². The zero-order valence-electron chi connectivity index (χ0n) is 9.36. The second kappa shape index (κ2) is 3.63. The van der Waals surface area contributed by atoms with Crippen LogP contribution in [0.25, 0.3) is 0 Å². The van der Waals surface area contributed by atoms with Crippen molar-refractivity contribution in [2.45, 2.75) is 26.3 Å². The lowest BCUT2D eigenvalue weighted by Gasteiger charge is -2.22. The quantitative estimate of drug-likeness (QED) is 0.796. The molecule has 4 nitrogen and oxygen atoms in total. The first kappa shape index (κ1) is 10.7. The summed E-state index contributed by atoms with van der Waals surface area (Å²) in [4.78, 5) is 24.4. The zero-order chi connectivity index (χ0) is 11.9. The Kier molecular flexibility index (Phi) is 2.42. The van der Waals surface area contributed by atoms with Crippen molar-refractivity contribution >= 4 is 17.5 Å². The van der Waals surface area contributed by atoms with E-state index >= 15 is 0 Å². The number of rotatable bonds is 2. The van der Waals surface area contributed by atoms with Crippen LogP contribution in [0.15, 0.2) is 18.2 Å². The molecule has 0 bridgehead atoms. The van der Waals surface area contributed by atoms with Crippen molar-refractivity contribution < 1.29 is 9.59 Å². The summed E-state index contributed by atoms with van der Waals surface area (Å²) in [5, 5.41) is 0. The highest BCUT2D eigenvalue weighted by Gasteiger charge is 2.33. The SMILES string of the molecule is Cc1ccc2c(c1)CC(=O)N2C(C)C(N)=O. The number of hydrogen-bond donors (Lipinski definition) is 1. The van der Waals surface area contributed by atoms with Gasteiger partial charge in [-0.3, -0.25) is 14.5 Å². The van der Waals surface area contributed by atoms with E-state index in [4.69, 9.17) is 5.73 Å². The summed E-state index contributed by atoms with van der Waals surface area (Å²) in [6, 6.07) is 5.19.